The third-order valence-corrected chi connectivity index (χ3v) is 0.498. The molecule has 0 aliphatic heterocycles. The lowest BCUT2D eigenvalue weighted by atomic mass is 10.6. The van der Waals surface area contributed by atoms with E-state index in [-0.39, 0.29) is 5.76 Å². The summed E-state index contributed by atoms with van der Waals surface area (Å²) < 4.78 is 16.0. The molecule has 0 atom stereocenters. The second-order valence-corrected chi connectivity index (χ2v) is 1.11. The van der Waals surface area contributed by atoms with Crippen molar-refractivity contribution in [2.45, 2.75) is 6.92 Å². The predicted molar refractivity (Wildman–Crippen MR) is 26.7 cm³/mol. The van der Waals surface area contributed by atoms with Gasteiger partial charge in [0.1, 0.15) is 12.4 Å². The largest absolute Gasteiger partial charge is 0.496 e. The molecule has 0 saturated heterocycles. The van der Waals surface area contributed by atoms with Gasteiger partial charge in [0, 0.05) is 0 Å². The maximum absolute atomic E-state index is 11.3. The topological polar surface area (TPSA) is 9.23 Å². The van der Waals surface area contributed by atoms with E-state index in [1.165, 1.54) is 0 Å². The molecule has 0 N–H and O–H groups in total. The van der Waals surface area contributed by atoms with Crippen LogP contribution in [-0.4, -0.2) is 13.3 Å². The van der Waals surface area contributed by atoms with Crippen LogP contribution in [0.3, 0.4) is 0 Å². The van der Waals surface area contributed by atoms with E-state index in [0.717, 1.165) is 0 Å². The zero-order valence-corrected chi connectivity index (χ0v) is 4.41. The Morgan fingerprint density at radius 1 is 1.86 bits per heavy atom. The first-order chi connectivity index (χ1) is 3.31. The molecule has 0 aromatic rings. The summed E-state index contributed by atoms with van der Waals surface area (Å²) in [5.74, 6) is 0.211. The van der Waals surface area contributed by atoms with Gasteiger partial charge in [0.25, 0.3) is 0 Å². The monoisotopic (exact) mass is 104 g/mol. The zero-order chi connectivity index (χ0) is 5.70. The van der Waals surface area contributed by atoms with Crippen molar-refractivity contribution in [3.8, 4) is 0 Å². The second kappa shape index (κ2) is 3.65. The van der Waals surface area contributed by atoms with E-state index >= 15 is 0 Å². The number of alkyl halides is 1. The molecule has 0 fully saturated rings. The highest BCUT2D eigenvalue weighted by atomic mass is 19.1. The number of ether oxygens (including phenoxy) is 1. The van der Waals surface area contributed by atoms with Crippen molar-refractivity contribution in [3.05, 3.63) is 12.3 Å². The maximum atomic E-state index is 11.3. The van der Waals surface area contributed by atoms with Crippen LogP contribution in [0.4, 0.5) is 4.39 Å². The number of hydrogen-bond donors (Lipinski definition) is 0. The van der Waals surface area contributed by atoms with Crippen LogP contribution in [0.5, 0.6) is 0 Å². The van der Waals surface area contributed by atoms with E-state index in [1.807, 2.05) is 0 Å². The fourth-order valence-electron chi connectivity index (χ4n) is 0.243. The van der Waals surface area contributed by atoms with Gasteiger partial charge in [0.15, 0.2) is 0 Å². The maximum Gasteiger partial charge on any atom is 0.146 e. The quantitative estimate of drug-likeness (QED) is 0.493. The minimum absolute atomic E-state index is 0.211. The molecule has 0 amide bonds. The van der Waals surface area contributed by atoms with Crippen LogP contribution in [0.1, 0.15) is 6.92 Å². The molecular weight excluding hydrogens is 95.1 g/mol. The summed E-state index contributed by atoms with van der Waals surface area (Å²) >= 11 is 0. The van der Waals surface area contributed by atoms with Crippen LogP contribution < -0.4 is 0 Å². The van der Waals surface area contributed by atoms with Gasteiger partial charge in [-0.3, -0.25) is 0 Å². The molecule has 42 valence electrons. The Labute approximate surface area is 42.8 Å². The number of allylic oxidation sites excluding steroid dienone is 1. The van der Waals surface area contributed by atoms with Gasteiger partial charge < -0.3 is 4.74 Å². The van der Waals surface area contributed by atoms with Gasteiger partial charge >= 0.3 is 0 Å². The van der Waals surface area contributed by atoms with Crippen molar-refractivity contribution in [1.29, 1.82) is 0 Å². The van der Waals surface area contributed by atoms with E-state index < -0.39 is 6.67 Å². The van der Waals surface area contributed by atoms with E-state index in [0.29, 0.717) is 6.61 Å². The molecule has 0 saturated carbocycles. The van der Waals surface area contributed by atoms with Gasteiger partial charge in [-0.2, -0.15) is 0 Å². The van der Waals surface area contributed by atoms with Crippen molar-refractivity contribution in [2.24, 2.45) is 0 Å². The summed E-state index contributed by atoms with van der Waals surface area (Å²) in [5.41, 5.74) is 0. The predicted octanol–water partition coefficient (Wildman–Crippen LogP) is 1.51. The zero-order valence-electron chi connectivity index (χ0n) is 4.41. The molecule has 0 bridgehead atoms. The molecule has 0 aliphatic carbocycles. The molecule has 0 aromatic carbocycles. The van der Waals surface area contributed by atoms with E-state index in [1.54, 1.807) is 6.92 Å². The lowest BCUT2D eigenvalue weighted by Crippen LogP contribution is -1.89. The minimum atomic E-state index is -0.576. The number of halogens is 1. The highest BCUT2D eigenvalue weighted by Crippen LogP contribution is 1.90. The molecule has 2 heteroatoms. The normalized spacial score (nSPS) is 8.29. The fourth-order valence-corrected chi connectivity index (χ4v) is 0.243. The molecule has 1 nitrogen and oxygen atoms in total. The third-order valence-electron chi connectivity index (χ3n) is 0.498. The second-order valence-electron chi connectivity index (χ2n) is 1.11. The van der Waals surface area contributed by atoms with Gasteiger partial charge in [-0.25, -0.2) is 4.39 Å². The smallest absolute Gasteiger partial charge is 0.146 e. The van der Waals surface area contributed by atoms with Crippen molar-refractivity contribution >= 4 is 0 Å². The molecule has 0 unspecified atom stereocenters. The van der Waals surface area contributed by atoms with Crippen LogP contribution in [0.2, 0.25) is 0 Å². The lowest BCUT2D eigenvalue weighted by molar-refractivity contribution is 0.206. The average Bonchev–Trinajstić information content (AvgIpc) is 1.68. The number of rotatable bonds is 3. The summed E-state index contributed by atoms with van der Waals surface area (Å²) in [6.45, 7) is 4.99. The van der Waals surface area contributed by atoms with Gasteiger partial charge in [-0.05, 0) is 6.92 Å². The van der Waals surface area contributed by atoms with Crippen molar-refractivity contribution in [2.75, 3.05) is 13.3 Å². The first kappa shape index (κ1) is 6.47. The van der Waals surface area contributed by atoms with Crippen LogP contribution in [0.15, 0.2) is 12.3 Å². The van der Waals surface area contributed by atoms with Crippen LogP contribution in [-0.2, 0) is 4.74 Å². The SMILES string of the molecule is C=C(CF)OCC. The van der Waals surface area contributed by atoms with E-state index in [4.69, 9.17) is 0 Å². The summed E-state index contributed by atoms with van der Waals surface area (Å²) in [4.78, 5) is 0. The molecule has 0 aliphatic rings. The van der Waals surface area contributed by atoms with E-state index in [9.17, 15) is 4.39 Å². The highest BCUT2D eigenvalue weighted by molar-refractivity contribution is 4.79. The summed E-state index contributed by atoms with van der Waals surface area (Å²) in [6, 6.07) is 0. The highest BCUT2D eigenvalue weighted by Gasteiger charge is 1.85. The number of hydrogen-bond acceptors (Lipinski definition) is 1. The van der Waals surface area contributed by atoms with Crippen molar-refractivity contribution < 1.29 is 9.13 Å². The summed E-state index contributed by atoms with van der Waals surface area (Å²) in [7, 11) is 0. The Bertz CT molecular complexity index is 61.1. The Hall–Kier alpha value is -0.530. The van der Waals surface area contributed by atoms with Crippen molar-refractivity contribution in [3.63, 3.8) is 0 Å². The molecule has 0 heterocycles. The average molecular weight is 104 g/mol. The molecular formula is C5H9FO. The van der Waals surface area contributed by atoms with Crippen LogP contribution in [0.25, 0.3) is 0 Å². The van der Waals surface area contributed by atoms with Crippen LogP contribution in [0, 0.1) is 0 Å². The van der Waals surface area contributed by atoms with Crippen molar-refractivity contribution in [1.82, 2.24) is 0 Å². The van der Waals surface area contributed by atoms with Gasteiger partial charge in [0.2, 0.25) is 0 Å². The lowest BCUT2D eigenvalue weighted by Gasteiger charge is -1.98. The Balaban J connectivity index is 3.00. The van der Waals surface area contributed by atoms with Gasteiger partial charge in [-0.15, -0.1) is 0 Å². The minimum Gasteiger partial charge on any atom is -0.496 e. The van der Waals surface area contributed by atoms with E-state index in [2.05, 4.69) is 11.3 Å². The first-order valence-electron chi connectivity index (χ1n) is 2.17. The van der Waals surface area contributed by atoms with Crippen LogP contribution >= 0.6 is 0 Å². The molecule has 7 heavy (non-hydrogen) atoms. The summed E-state index contributed by atoms with van der Waals surface area (Å²) in [6.07, 6.45) is 0. The Kier molecular flexibility index (Phi) is 3.38. The fraction of sp³-hybridized carbons (Fsp3) is 0.600. The summed E-state index contributed by atoms with van der Waals surface area (Å²) in [5, 5.41) is 0. The molecule has 0 rings (SSSR count). The Morgan fingerprint density at radius 3 is 2.57 bits per heavy atom. The molecule has 0 aromatic heterocycles. The molecule has 0 radical (unpaired) electrons. The standard InChI is InChI=1S/C5H9FO/c1-3-7-5(2)4-6/h2-4H2,1H3. The molecule has 0 spiro atoms. The Morgan fingerprint density at radius 2 is 2.43 bits per heavy atom. The van der Waals surface area contributed by atoms with Gasteiger partial charge in [-0.1, -0.05) is 6.58 Å². The third kappa shape index (κ3) is 3.30. The van der Waals surface area contributed by atoms with Gasteiger partial charge in [0.05, 0.1) is 6.61 Å². The first-order valence-corrected chi connectivity index (χ1v) is 2.17.